The Balaban J connectivity index is 2.64. The predicted molar refractivity (Wildman–Crippen MR) is 53.6 cm³/mol. The molecule has 0 aliphatic heterocycles. The summed E-state index contributed by atoms with van der Waals surface area (Å²) in [5, 5.41) is 11.5. The van der Waals surface area contributed by atoms with Gasteiger partial charge in [0.25, 0.3) is 0 Å². The standard InChI is InChI=1S/C9H11N5O/c1-6(4-8(11)15)13-9-12-3-2-7(5-10)14-9/h2-3,6H,4H2,1H3,(H2,11,15)(H,12,13,14). The maximum Gasteiger partial charge on any atom is 0.224 e. The lowest BCUT2D eigenvalue weighted by Gasteiger charge is -2.10. The number of hydrogen-bond acceptors (Lipinski definition) is 5. The van der Waals surface area contributed by atoms with Crippen LogP contribution in [0.25, 0.3) is 0 Å². The maximum atomic E-state index is 10.6. The van der Waals surface area contributed by atoms with Gasteiger partial charge in [0.1, 0.15) is 11.8 Å². The van der Waals surface area contributed by atoms with E-state index in [9.17, 15) is 4.79 Å². The van der Waals surface area contributed by atoms with Crippen LogP contribution in [0.1, 0.15) is 19.0 Å². The molecule has 6 heteroatoms. The first kappa shape index (κ1) is 10.9. The average molecular weight is 205 g/mol. The molecule has 1 unspecified atom stereocenters. The largest absolute Gasteiger partial charge is 0.370 e. The van der Waals surface area contributed by atoms with E-state index >= 15 is 0 Å². The Hall–Kier alpha value is -2.16. The first-order valence-electron chi connectivity index (χ1n) is 4.40. The van der Waals surface area contributed by atoms with E-state index in [2.05, 4.69) is 15.3 Å². The van der Waals surface area contributed by atoms with Gasteiger partial charge >= 0.3 is 0 Å². The zero-order valence-electron chi connectivity index (χ0n) is 8.27. The minimum atomic E-state index is -0.397. The molecule has 0 saturated carbocycles. The predicted octanol–water partition coefficient (Wildman–Crippen LogP) is 0.0241. The fourth-order valence-corrected chi connectivity index (χ4v) is 1.06. The van der Waals surface area contributed by atoms with Crippen molar-refractivity contribution in [1.82, 2.24) is 9.97 Å². The molecule has 15 heavy (non-hydrogen) atoms. The highest BCUT2D eigenvalue weighted by Gasteiger charge is 2.07. The molecule has 1 heterocycles. The quantitative estimate of drug-likeness (QED) is 0.721. The van der Waals surface area contributed by atoms with Crippen molar-refractivity contribution in [3.63, 3.8) is 0 Å². The highest BCUT2D eigenvalue weighted by atomic mass is 16.1. The van der Waals surface area contributed by atoms with Crippen LogP contribution in [-0.2, 0) is 4.79 Å². The number of carbonyl (C=O) groups excluding carboxylic acids is 1. The molecule has 1 atom stereocenters. The van der Waals surface area contributed by atoms with E-state index in [-0.39, 0.29) is 18.2 Å². The molecule has 0 aliphatic rings. The van der Waals surface area contributed by atoms with E-state index in [1.807, 2.05) is 6.07 Å². The molecular formula is C9H11N5O. The molecule has 1 rings (SSSR count). The summed E-state index contributed by atoms with van der Waals surface area (Å²) >= 11 is 0. The van der Waals surface area contributed by atoms with Crippen LogP contribution in [0.4, 0.5) is 5.95 Å². The van der Waals surface area contributed by atoms with Gasteiger partial charge in [0, 0.05) is 18.7 Å². The third-order valence-corrected chi connectivity index (χ3v) is 1.65. The number of rotatable bonds is 4. The monoisotopic (exact) mass is 205 g/mol. The average Bonchev–Trinajstić information content (AvgIpc) is 2.16. The fourth-order valence-electron chi connectivity index (χ4n) is 1.06. The van der Waals surface area contributed by atoms with E-state index in [1.165, 1.54) is 12.3 Å². The third-order valence-electron chi connectivity index (χ3n) is 1.65. The zero-order valence-corrected chi connectivity index (χ0v) is 8.27. The third kappa shape index (κ3) is 3.60. The van der Waals surface area contributed by atoms with Crippen molar-refractivity contribution in [2.24, 2.45) is 5.73 Å². The molecule has 78 valence electrons. The molecule has 0 bridgehead atoms. The molecule has 3 N–H and O–H groups in total. The second-order valence-electron chi connectivity index (χ2n) is 3.09. The van der Waals surface area contributed by atoms with E-state index in [0.29, 0.717) is 5.95 Å². The Bertz CT molecular complexity index is 398. The number of primary amides is 1. The first-order chi connectivity index (χ1) is 7.11. The lowest BCUT2D eigenvalue weighted by molar-refractivity contribution is -0.118. The summed E-state index contributed by atoms with van der Waals surface area (Å²) in [5.41, 5.74) is 5.31. The number of nitrogens with two attached hydrogens (primary N) is 1. The van der Waals surface area contributed by atoms with Crippen LogP contribution in [0, 0.1) is 11.3 Å². The zero-order chi connectivity index (χ0) is 11.3. The molecule has 1 amide bonds. The van der Waals surface area contributed by atoms with Crippen molar-refractivity contribution >= 4 is 11.9 Å². The number of amides is 1. The summed E-state index contributed by atoms with van der Waals surface area (Å²) in [6.07, 6.45) is 1.67. The topological polar surface area (TPSA) is 105 Å². The number of carbonyl (C=O) groups is 1. The van der Waals surface area contributed by atoms with Gasteiger partial charge in [0.15, 0.2) is 0 Å². The summed E-state index contributed by atoms with van der Waals surface area (Å²) in [6.45, 7) is 1.78. The normalized spacial score (nSPS) is 11.5. The van der Waals surface area contributed by atoms with Crippen LogP contribution in [0.2, 0.25) is 0 Å². The Labute approximate surface area is 87.1 Å². The van der Waals surface area contributed by atoms with Crippen molar-refractivity contribution in [3.05, 3.63) is 18.0 Å². The van der Waals surface area contributed by atoms with Gasteiger partial charge in [0.2, 0.25) is 11.9 Å². The summed E-state index contributed by atoms with van der Waals surface area (Å²) in [5.74, 6) is -0.0748. The summed E-state index contributed by atoms with van der Waals surface area (Å²) < 4.78 is 0. The van der Waals surface area contributed by atoms with Crippen LogP contribution in [0.5, 0.6) is 0 Å². The Kier molecular flexibility index (Phi) is 3.57. The van der Waals surface area contributed by atoms with Crippen molar-refractivity contribution in [2.45, 2.75) is 19.4 Å². The summed E-state index contributed by atoms with van der Waals surface area (Å²) in [4.78, 5) is 18.4. The molecule has 0 fully saturated rings. The van der Waals surface area contributed by atoms with Crippen molar-refractivity contribution in [3.8, 4) is 6.07 Å². The number of hydrogen-bond donors (Lipinski definition) is 2. The molecule has 1 aromatic heterocycles. The smallest absolute Gasteiger partial charge is 0.224 e. The molecule has 0 spiro atoms. The lowest BCUT2D eigenvalue weighted by Crippen LogP contribution is -2.24. The van der Waals surface area contributed by atoms with Crippen LogP contribution in [-0.4, -0.2) is 21.9 Å². The minimum absolute atomic E-state index is 0.156. The van der Waals surface area contributed by atoms with Crippen LogP contribution < -0.4 is 11.1 Å². The second kappa shape index (κ2) is 4.91. The summed E-state index contributed by atoms with van der Waals surface area (Å²) in [6, 6.07) is 3.25. The number of anilines is 1. The number of nitrogens with zero attached hydrogens (tertiary/aromatic N) is 3. The fraction of sp³-hybridized carbons (Fsp3) is 0.333. The molecule has 0 aromatic carbocycles. The van der Waals surface area contributed by atoms with Gasteiger partial charge in [-0.1, -0.05) is 0 Å². The van der Waals surface area contributed by atoms with E-state index < -0.39 is 5.91 Å². The van der Waals surface area contributed by atoms with Gasteiger partial charge in [-0.05, 0) is 13.0 Å². The SMILES string of the molecule is CC(CC(N)=O)Nc1nccc(C#N)n1. The van der Waals surface area contributed by atoms with Crippen molar-refractivity contribution in [1.29, 1.82) is 5.26 Å². The second-order valence-corrected chi connectivity index (χ2v) is 3.09. The van der Waals surface area contributed by atoms with E-state index in [1.54, 1.807) is 6.92 Å². The molecule has 0 radical (unpaired) electrons. The van der Waals surface area contributed by atoms with E-state index in [0.717, 1.165) is 0 Å². The lowest BCUT2D eigenvalue weighted by atomic mass is 10.2. The van der Waals surface area contributed by atoms with Crippen molar-refractivity contribution in [2.75, 3.05) is 5.32 Å². The van der Waals surface area contributed by atoms with Gasteiger partial charge in [-0.2, -0.15) is 5.26 Å². The minimum Gasteiger partial charge on any atom is -0.370 e. The van der Waals surface area contributed by atoms with Crippen LogP contribution in [0.3, 0.4) is 0 Å². The van der Waals surface area contributed by atoms with E-state index in [4.69, 9.17) is 11.0 Å². The van der Waals surface area contributed by atoms with Crippen LogP contribution in [0.15, 0.2) is 12.3 Å². The van der Waals surface area contributed by atoms with Gasteiger partial charge in [-0.25, -0.2) is 9.97 Å². The van der Waals surface area contributed by atoms with Crippen molar-refractivity contribution < 1.29 is 4.79 Å². The first-order valence-corrected chi connectivity index (χ1v) is 4.40. The molecule has 1 aromatic rings. The number of aromatic nitrogens is 2. The Morgan fingerprint density at radius 3 is 3.13 bits per heavy atom. The van der Waals surface area contributed by atoms with Crippen LogP contribution >= 0.6 is 0 Å². The van der Waals surface area contributed by atoms with Gasteiger partial charge in [-0.3, -0.25) is 4.79 Å². The number of nitriles is 1. The molecule has 0 aliphatic carbocycles. The van der Waals surface area contributed by atoms with Gasteiger partial charge in [-0.15, -0.1) is 0 Å². The highest BCUT2D eigenvalue weighted by molar-refractivity contribution is 5.74. The molecule has 6 nitrogen and oxygen atoms in total. The summed E-state index contributed by atoms with van der Waals surface area (Å²) in [7, 11) is 0. The molecular weight excluding hydrogens is 194 g/mol. The highest BCUT2D eigenvalue weighted by Crippen LogP contribution is 2.03. The maximum absolute atomic E-state index is 10.6. The number of nitrogens with one attached hydrogen (secondary N) is 1. The molecule has 0 saturated heterocycles. The Morgan fingerprint density at radius 2 is 2.53 bits per heavy atom. The van der Waals surface area contributed by atoms with Gasteiger partial charge in [0.05, 0.1) is 0 Å². The van der Waals surface area contributed by atoms with Gasteiger partial charge < -0.3 is 11.1 Å². The Morgan fingerprint density at radius 1 is 1.80 bits per heavy atom.